The van der Waals surface area contributed by atoms with Crippen molar-refractivity contribution in [3.63, 3.8) is 0 Å². The highest BCUT2D eigenvalue weighted by Crippen LogP contribution is 2.09. The molecule has 106 valence electrons. The van der Waals surface area contributed by atoms with Crippen LogP contribution in [0, 0.1) is 0 Å². The molecular weight excluding hydrogens is 256 g/mol. The SMILES string of the molecule is CCCCc1nn(CC(N)=O)c(=O)n1-c1ccccc1. The Hall–Kier alpha value is -2.37. The molecule has 6 nitrogen and oxygen atoms in total. The van der Waals surface area contributed by atoms with E-state index in [2.05, 4.69) is 12.0 Å². The van der Waals surface area contributed by atoms with Gasteiger partial charge in [-0.2, -0.15) is 5.10 Å². The molecule has 1 aromatic carbocycles. The first-order valence-corrected chi connectivity index (χ1v) is 6.66. The van der Waals surface area contributed by atoms with Crippen molar-refractivity contribution in [3.05, 3.63) is 46.6 Å². The summed E-state index contributed by atoms with van der Waals surface area (Å²) in [5.41, 5.74) is 5.56. The van der Waals surface area contributed by atoms with Crippen molar-refractivity contribution >= 4 is 5.91 Å². The predicted octanol–water partition coefficient (Wildman–Crippen LogP) is 0.862. The van der Waals surface area contributed by atoms with Gasteiger partial charge in [0.05, 0.1) is 5.69 Å². The molecule has 0 saturated carbocycles. The van der Waals surface area contributed by atoms with Crippen molar-refractivity contribution in [2.45, 2.75) is 32.7 Å². The number of hydrogen-bond acceptors (Lipinski definition) is 3. The summed E-state index contributed by atoms with van der Waals surface area (Å²) >= 11 is 0. The van der Waals surface area contributed by atoms with Crippen LogP contribution >= 0.6 is 0 Å². The molecule has 0 fully saturated rings. The summed E-state index contributed by atoms with van der Waals surface area (Å²) in [6.45, 7) is 1.88. The van der Waals surface area contributed by atoms with Gasteiger partial charge in [0, 0.05) is 6.42 Å². The highest BCUT2D eigenvalue weighted by atomic mass is 16.2. The molecule has 6 heteroatoms. The largest absolute Gasteiger partial charge is 0.368 e. The smallest absolute Gasteiger partial charge is 0.351 e. The summed E-state index contributed by atoms with van der Waals surface area (Å²) in [7, 11) is 0. The number of carbonyl (C=O) groups is 1. The van der Waals surface area contributed by atoms with E-state index in [1.54, 1.807) is 4.57 Å². The van der Waals surface area contributed by atoms with Gasteiger partial charge in [0.2, 0.25) is 5.91 Å². The molecule has 2 N–H and O–H groups in total. The fourth-order valence-electron chi connectivity index (χ4n) is 2.04. The van der Waals surface area contributed by atoms with Gasteiger partial charge in [-0.25, -0.2) is 14.0 Å². The highest BCUT2D eigenvalue weighted by molar-refractivity contribution is 5.73. The minimum Gasteiger partial charge on any atom is -0.368 e. The summed E-state index contributed by atoms with van der Waals surface area (Å²) in [6, 6.07) is 9.28. The van der Waals surface area contributed by atoms with Gasteiger partial charge in [-0.15, -0.1) is 0 Å². The van der Waals surface area contributed by atoms with Gasteiger partial charge >= 0.3 is 5.69 Å². The van der Waals surface area contributed by atoms with Crippen molar-refractivity contribution < 1.29 is 4.79 Å². The quantitative estimate of drug-likeness (QED) is 0.848. The Labute approximate surface area is 116 Å². The standard InChI is InChI=1S/C14H18N4O2/c1-2-3-9-13-16-17(10-12(15)19)14(20)18(13)11-7-5-4-6-8-11/h4-8H,2-3,9-10H2,1H3,(H2,15,19). The first kappa shape index (κ1) is 14.0. The van der Waals surface area contributed by atoms with Crippen LogP contribution in [-0.4, -0.2) is 20.3 Å². The molecule has 1 aromatic heterocycles. The van der Waals surface area contributed by atoms with Crippen LogP contribution in [0.5, 0.6) is 0 Å². The summed E-state index contributed by atoms with van der Waals surface area (Å²) in [6.07, 6.45) is 2.62. The van der Waals surface area contributed by atoms with Gasteiger partial charge in [0.15, 0.2) is 0 Å². The van der Waals surface area contributed by atoms with Gasteiger partial charge in [-0.1, -0.05) is 31.5 Å². The zero-order chi connectivity index (χ0) is 14.5. The van der Waals surface area contributed by atoms with Crippen LogP contribution in [-0.2, 0) is 17.8 Å². The number of aromatic nitrogens is 3. The van der Waals surface area contributed by atoms with E-state index in [9.17, 15) is 9.59 Å². The van der Waals surface area contributed by atoms with Crippen LogP contribution in [0.15, 0.2) is 35.1 Å². The van der Waals surface area contributed by atoms with E-state index in [0.29, 0.717) is 12.2 Å². The van der Waals surface area contributed by atoms with Gasteiger partial charge in [0.25, 0.3) is 0 Å². The van der Waals surface area contributed by atoms with Gasteiger partial charge in [0.1, 0.15) is 12.4 Å². The molecule has 0 radical (unpaired) electrons. The monoisotopic (exact) mass is 274 g/mol. The Morgan fingerprint density at radius 3 is 2.60 bits per heavy atom. The lowest BCUT2D eigenvalue weighted by atomic mass is 10.2. The van der Waals surface area contributed by atoms with Crippen molar-refractivity contribution in [2.24, 2.45) is 5.73 Å². The molecule has 0 atom stereocenters. The van der Waals surface area contributed by atoms with E-state index in [0.717, 1.165) is 23.2 Å². The Bertz CT molecular complexity index is 643. The molecule has 0 unspecified atom stereocenters. The topological polar surface area (TPSA) is 82.9 Å². The van der Waals surface area contributed by atoms with Crippen LogP contribution in [0.2, 0.25) is 0 Å². The number of nitrogens with zero attached hydrogens (tertiary/aromatic N) is 3. The van der Waals surface area contributed by atoms with Crippen molar-refractivity contribution in [3.8, 4) is 5.69 Å². The first-order valence-electron chi connectivity index (χ1n) is 6.66. The maximum absolute atomic E-state index is 12.3. The number of rotatable bonds is 6. The van der Waals surface area contributed by atoms with Gasteiger partial charge < -0.3 is 5.73 Å². The average molecular weight is 274 g/mol. The lowest BCUT2D eigenvalue weighted by Crippen LogP contribution is -2.30. The Kier molecular flexibility index (Phi) is 4.34. The minimum atomic E-state index is -0.577. The van der Waals surface area contributed by atoms with E-state index in [-0.39, 0.29) is 12.2 Å². The number of para-hydroxylation sites is 1. The molecular formula is C14H18N4O2. The van der Waals surface area contributed by atoms with E-state index in [1.807, 2.05) is 30.3 Å². The minimum absolute atomic E-state index is 0.197. The third-order valence-electron chi connectivity index (χ3n) is 2.98. The molecule has 0 aliphatic heterocycles. The zero-order valence-corrected chi connectivity index (χ0v) is 11.5. The Balaban J connectivity index is 2.49. The summed E-state index contributed by atoms with van der Waals surface area (Å²) < 4.78 is 2.67. The molecule has 1 heterocycles. The molecule has 0 aliphatic rings. The molecule has 0 saturated heterocycles. The maximum atomic E-state index is 12.3. The fourth-order valence-corrected chi connectivity index (χ4v) is 2.04. The van der Waals surface area contributed by atoms with E-state index >= 15 is 0 Å². The Morgan fingerprint density at radius 1 is 1.30 bits per heavy atom. The Morgan fingerprint density at radius 2 is 2.00 bits per heavy atom. The molecule has 0 aliphatic carbocycles. The number of nitrogens with two attached hydrogens (primary N) is 1. The number of aryl methyl sites for hydroxylation is 1. The van der Waals surface area contributed by atoms with Crippen LogP contribution in [0.25, 0.3) is 5.69 Å². The molecule has 20 heavy (non-hydrogen) atoms. The van der Waals surface area contributed by atoms with E-state index in [1.165, 1.54) is 0 Å². The second-order valence-electron chi connectivity index (χ2n) is 4.60. The molecule has 2 rings (SSSR count). The normalized spacial score (nSPS) is 10.7. The number of hydrogen-bond donors (Lipinski definition) is 1. The molecule has 0 spiro atoms. The summed E-state index contributed by atoms with van der Waals surface area (Å²) in [4.78, 5) is 23.3. The van der Waals surface area contributed by atoms with Crippen molar-refractivity contribution in [1.29, 1.82) is 0 Å². The lowest BCUT2D eigenvalue weighted by Gasteiger charge is -2.04. The summed E-state index contributed by atoms with van der Waals surface area (Å²) in [5.74, 6) is 0.0798. The number of unbranched alkanes of at least 4 members (excludes halogenated alkanes) is 1. The van der Waals surface area contributed by atoms with Crippen LogP contribution < -0.4 is 11.4 Å². The number of benzene rings is 1. The third-order valence-corrected chi connectivity index (χ3v) is 2.98. The zero-order valence-electron chi connectivity index (χ0n) is 11.5. The fraction of sp³-hybridized carbons (Fsp3) is 0.357. The maximum Gasteiger partial charge on any atom is 0.351 e. The second-order valence-corrected chi connectivity index (χ2v) is 4.60. The molecule has 0 bridgehead atoms. The summed E-state index contributed by atoms with van der Waals surface area (Å²) in [5, 5.41) is 4.23. The van der Waals surface area contributed by atoms with Crippen molar-refractivity contribution in [1.82, 2.24) is 14.3 Å². The van der Waals surface area contributed by atoms with Crippen LogP contribution in [0.4, 0.5) is 0 Å². The van der Waals surface area contributed by atoms with E-state index in [4.69, 9.17) is 5.73 Å². The second kappa shape index (κ2) is 6.18. The molecule has 1 amide bonds. The number of amides is 1. The average Bonchev–Trinajstić information content (AvgIpc) is 2.73. The van der Waals surface area contributed by atoms with Crippen LogP contribution in [0.3, 0.4) is 0 Å². The number of primary amides is 1. The van der Waals surface area contributed by atoms with Gasteiger partial charge in [-0.05, 0) is 18.6 Å². The van der Waals surface area contributed by atoms with Crippen LogP contribution in [0.1, 0.15) is 25.6 Å². The third kappa shape index (κ3) is 2.96. The lowest BCUT2D eigenvalue weighted by molar-refractivity contribution is -0.118. The number of carbonyl (C=O) groups excluding carboxylic acids is 1. The first-order chi connectivity index (χ1) is 9.63. The highest BCUT2D eigenvalue weighted by Gasteiger charge is 2.15. The molecule has 2 aromatic rings. The predicted molar refractivity (Wildman–Crippen MR) is 75.6 cm³/mol. The van der Waals surface area contributed by atoms with Crippen molar-refractivity contribution in [2.75, 3.05) is 0 Å². The van der Waals surface area contributed by atoms with Gasteiger partial charge in [-0.3, -0.25) is 4.79 Å². The van der Waals surface area contributed by atoms with E-state index < -0.39 is 5.91 Å².